The van der Waals surface area contributed by atoms with E-state index in [0.29, 0.717) is 16.5 Å². The third-order valence-corrected chi connectivity index (χ3v) is 4.58. The summed E-state index contributed by atoms with van der Waals surface area (Å²) in [6.07, 6.45) is 0. The van der Waals surface area contributed by atoms with Crippen LogP contribution in [0.15, 0.2) is 29.6 Å². The zero-order valence-corrected chi connectivity index (χ0v) is 12.5. The summed E-state index contributed by atoms with van der Waals surface area (Å²) in [5.41, 5.74) is 7.88. The minimum Gasteiger partial charge on any atom is -0.399 e. The number of nitrogens with zero attached hydrogens (tertiary/aromatic N) is 1. The van der Waals surface area contributed by atoms with E-state index < -0.39 is 10.0 Å². The Labute approximate surface area is 121 Å². The zero-order valence-electron chi connectivity index (χ0n) is 10.9. The van der Waals surface area contributed by atoms with E-state index in [1.807, 2.05) is 12.1 Å². The smallest absolute Gasteiger partial charge is 0.236 e. The van der Waals surface area contributed by atoms with Crippen molar-refractivity contribution in [3.8, 4) is 11.3 Å². The average molecular weight is 313 g/mol. The fourth-order valence-corrected chi connectivity index (χ4v) is 3.46. The maximum Gasteiger partial charge on any atom is 0.236 e. The normalized spacial score (nSPS) is 11.4. The number of benzene rings is 1. The maximum absolute atomic E-state index is 11.7. The van der Waals surface area contributed by atoms with Gasteiger partial charge in [0.15, 0.2) is 5.13 Å². The van der Waals surface area contributed by atoms with Gasteiger partial charge >= 0.3 is 0 Å². The van der Waals surface area contributed by atoms with Crippen LogP contribution in [0, 0.1) is 0 Å². The highest BCUT2D eigenvalue weighted by atomic mass is 32.2. The molecule has 1 aromatic carbocycles. The summed E-state index contributed by atoms with van der Waals surface area (Å²) in [5, 5.41) is 2.11. The van der Waals surface area contributed by atoms with Crippen LogP contribution in [0.4, 0.5) is 10.8 Å². The van der Waals surface area contributed by atoms with E-state index in [9.17, 15) is 8.42 Å². The highest BCUT2D eigenvalue weighted by Crippen LogP contribution is 2.26. The first-order valence-corrected chi connectivity index (χ1v) is 8.34. The molecule has 0 amide bonds. The summed E-state index contributed by atoms with van der Waals surface area (Å²) in [6.45, 7) is 0.142. The van der Waals surface area contributed by atoms with Crippen molar-refractivity contribution in [1.29, 1.82) is 0 Å². The van der Waals surface area contributed by atoms with Crippen molar-refractivity contribution >= 4 is 32.2 Å². The largest absolute Gasteiger partial charge is 0.399 e. The topological polar surface area (TPSA) is 94.3 Å². The van der Waals surface area contributed by atoms with E-state index in [1.54, 1.807) is 17.5 Å². The molecule has 108 valence electrons. The number of sulfonamides is 1. The van der Waals surface area contributed by atoms with Gasteiger partial charge in [-0.15, -0.1) is 11.3 Å². The van der Waals surface area contributed by atoms with Crippen LogP contribution in [-0.4, -0.2) is 32.9 Å². The number of nitrogens with two attached hydrogens (primary N) is 1. The standard InChI is InChI=1S/C12H15N3O3S2/c1-18-5-6-20(16,17)15-12-14-11(8-19-12)9-3-2-4-10(13)7-9/h2-4,7-8H,5-6,13H2,1H3,(H,14,15). The highest BCUT2D eigenvalue weighted by Gasteiger charge is 2.13. The summed E-state index contributed by atoms with van der Waals surface area (Å²) in [5.74, 6) is -0.100. The van der Waals surface area contributed by atoms with Crippen LogP contribution in [0.3, 0.4) is 0 Å². The molecule has 0 saturated heterocycles. The number of rotatable bonds is 6. The first kappa shape index (κ1) is 14.8. The van der Waals surface area contributed by atoms with E-state index in [1.165, 1.54) is 18.4 Å². The number of hydrogen-bond donors (Lipinski definition) is 2. The van der Waals surface area contributed by atoms with Crippen LogP contribution < -0.4 is 10.5 Å². The SMILES string of the molecule is COCCS(=O)(=O)Nc1nc(-c2cccc(N)c2)cs1. The van der Waals surface area contributed by atoms with Crippen LogP contribution in [0.25, 0.3) is 11.3 Å². The number of ether oxygens (including phenoxy) is 1. The number of methoxy groups -OCH3 is 1. The third kappa shape index (κ3) is 3.92. The fraction of sp³-hybridized carbons (Fsp3) is 0.250. The van der Waals surface area contributed by atoms with E-state index in [0.717, 1.165) is 5.56 Å². The lowest BCUT2D eigenvalue weighted by atomic mass is 10.1. The molecule has 0 aliphatic carbocycles. The summed E-state index contributed by atoms with van der Waals surface area (Å²) >= 11 is 1.23. The molecule has 0 atom stereocenters. The number of hydrogen-bond acceptors (Lipinski definition) is 6. The van der Waals surface area contributed by atoms with Gasteiger partial charge < -0.3 is 10.5 Å². The van der Waals surface area contributed by atoms with Crippen LogP contribution >= 0.6 is 11.3 Å². The molecule has 3 N–H and O–H groups in total. The van der Waals surface area contributed by atoms with Crippen LogP contribution in [0.2, 0.25) is 0 Å². The predicted octanol–water partition coefficient (Wildman–Crippen LogP) is 1.78. The van der Waals surface area contributed by atoms with E-state index >= 15 is 0 Å². The Morgan fingerprint density at radius 2 is 2.25 bits per heavy atom. The average Bonchev–Trinajstić information content (AvgIpc) is 2.84. The Morgan fingerprint density at radius 1 is 1.45 bits per heavy atom. The summed E-state index contributed by atoms with van der Waals surface area (Å²) in [7, 11) is -1.97. The molecular formula is C12H15N3O3S2. The summed E-state index contributed by atoms with van der Waals surface area (Å²) < 4.78 is 30.6. The molecule has 0 aliphatic rings. The second-order valence-corrected chi connectivity index (χ2v) is 6.78. The molecule has 0 spiro atoms. The van der Waals surface area contributed by atoms with Crippen molar-refractivity contribution in [1.82, 2.24) is 4.98 Å². The van der Waals surface area contributed by atoms with Gasteiger partial charge in [0.25, 0.3) is 0 Å². The second kappa shape index (κ2) is 6.21. The zero-order chi connectivity index (χ0) is 14.6. The maximum atomic E-state index is 11.7. The van der Waals surface area contributed by atoms with Crippen molar-refractivity contribution in [3.63, 3.8) is 0 Å². The molecule has 0 aliphatic heterocycles. The van der Waals surface area contributed by atoms with Crippen molar-refractivity contribution in [2.45, 2.75) is 0 Å². The molecule has 0 bridgehead atoms. The number of nitrogens with one attached hydrogen (secondary N) is 1. The Bertz CT molecular complexity index is 683. The first-order valence-electron chi connectivity index (χ1n) is 5.81. The van der Waals surface area contributed by atoms with Gasteiger partial charge in [-0.25, -0.2) is 13.4 Å². The molecule has 8 heteroatoms. The van der Waals surface area contributed by atoms with Gasteiger partial charge in [0.05, 0.1) is 18.1 Å². The number of nitrogen functional groups attached to an aromatic ring is 1. The van der Waals surface area contributed by atoms with Crippen molar-refractivity contribution in [2.75, 3.05) is 29.9 Å². The predicted molar refractivity (Wildman–Crippen MR) is 81.2 cm³/mol. The molecule has 0 fully saturated rings. The van der Waals surface area contributed by atoms with Gasteiger partial charge in [-0.1, -0.05) is 12.1 Å². The fourth-order valence-electron chi connectivity index (χ4n) is 1.53. The minimum absolute atomic E-state index is 0.100. The monoisotopic (exact) mass is 313 g/mol. The molecule has 1 heterocycles. The summed E-state index contributed by atoms with van der Waals surface area (Å²) in [6, 6.07) is 7.27. The highest BCUT2D eigenvalue weighted by molar-refractivity contribution is 7.92. The van der Waals surface area contributed by atoms with E-state index in [2.05, 4.69) is 9.71 Å². The van der Waals surface area contributed by atoms with E-state index in [-0.39, 0.29) is 12.4 Å². The van der Waals surface area contributed by atoms with Gasteiger partial charge in [-0.3, -0.25) is 4.72 Å². The molecular weight excluding hydrogens is 298 g/mol. The van der Waals surface area contributed by atoms with Crippen LogP contribution in [0.1, 0.15) is 0 Å². The van der Waals surface area contributed by atoms with E-state index in [4.69, 9.17) is 10.5 Å². The van der Waals surface area contributed by atoms with Crippen LogP contribution in [-0.2, 0) is 14.8 Å². The number of aromatic nitrogens is 1. The lowest BCUT2D eigenvalue weighted by molar-refractivity contribution is 0.217. The molecule has 0 radical (unpaired) electrons. The Hall–Kier alpha value is -1.64. The lowest BCUT2D eigenvalue weighted by Gasteiger charge is -2.03. The van der Waals surface area contributed by atoms with Gasteiger partial charge in [-0.2, -0.15) is 0 Å². The van der Waals surface area contributed by atoms with Crippen molar-refractivity contribution < 1.29 is 13.2 Å². The third-order valence-electron chi connectivity index (χ3n) is 2.49. The second-order valence-electron chi connectivity index (χ2n) is 4.08. The van der Waals surface area contributed by atoms with Gasteiger partial charge in [0.2, 0.25) is 10.0 Å². The molecule has 0 saturated carbocycles. The number of thiazole rings is 1. The summed E-state index contributed by atoms with van der Waals surface area (Å²) in [4.78, 5) is 4.25. The van der Waals surface area contributed by atoms with Crippen LogP contribution in [0.5, 0.6) is 0 Å². The lowest BCUT2D eigenvalue weighted by Crippen LogP contribution is -2.19. The minimum atomic E-state index is -3.43. The molecule has 0 unspecified atom stereocenters. The Kier molecular flexibility index (Phi) is 4.58. The van der Waals surface area contributed by atoms with Gasteiger partial charge in [-0.05, 0) is 12.1 Å². The first-order chi connectivity index (χ1) is 9.50. The Balaban J connectivity index is 2.13. The molecule has 1 aromatic heterocycles. The molecule has 6 nitrogen and oxygen atoms in total. The van der Waals surface area contributed by atoms with Gasteiger partial charge in [0.1, 0.15) is 0 Å². The molecule has 20 heavy (non-hydrogen) atoms. The van der Waals surface area contributed by atoms with Crippen molar-refractivity contribution in [2.24, 2.45) is 0 Å². The molecule has 2 rings (SSSR count). The van der Waals surface area contributed by atoms with Crippen molar-refractivity contribution in [3.05, 3.63) is 29.6 Å². The number of anilines is 2. The molecule has 2 aromatic rings. The quantitative estimate of drug-likeness (QED) is 0.793. The van der Waals surface area contributed by atoms with Gasteiger partial charge in [0, 0.05) is 23.7 Å². The Morgan fingerprint density at radius 3 is 2.95 bits per heavy atom.